The molecule has 0 aliphatic heterocycles. The molecular formula is C13H14F3N3OS. The van der Waals surface area contributed by atoms with Gasteiger partial charge in [0.2, 0.25) is 5.13 Å². The van der Waals surface area contributed by atoms with Gasteiger partial charge in [0, 0.05) is 24.6 Å². The van der Waals surface area contributed by atoms with Crippen molar-refractivity contribution in [2.45, 2.75) is 25.2 Å². The van der Waals surface area contributed by atoms with Crippen LogP contribution in [0.1, 0.15) is 12.0 Å². The number of nitrogens with zero attached hydrogens (tertiary/aromatic N) is 3. The summed E-state index contributed by atoms with van der Waals surface area (Å²) in [4.78, 5) is 5.60. The highest BCUT2D eigenvalue weighted by Gasteiger charge is 2.32. The molecule has 21 heavy (non-hydrogen) atoms. The molecule has 0 saturated heterocycles. The van der Waals surface area contributed by atoms with Gasteiger partial charge in [-0.1, -0.05) is 30.3 Å². The lowest BCUT2D eigenvalue weighted by molar-refractivity contribution is -0.152. The fraction of sp³-hybridized carbons (Fsp3) is 0.385. The lowest BCUT2D eigenvalue weighted by Crippen LogP contribution is -2.34. The predicted molar refractivity (Wildman–Crippen MR) is 74.1 cm³/mol. The Morgan fingerprint density at radius 3 is 2.52 bits per heavy atom. The first-order chi connectivity index (χ1) is 9.94. The molecule has 0 spiro atoms. The zero-order chi connectivity index (χ0) is 15.3. The van der Waals surface area contributed by atoms with Crippen LogP contribution in [0.15, 0.2) is 36.7 Å². The van der Waals surface area contributed by atoms with Crippen molar-refractivity contribution in [3.63, 3.8) is 0 Å². The summed E-state index contributed by atoms with van der Waals surface area (Å²) in [6.45, 7) is 0.217. The topological polar surface area (TPSA) is 49.2 Å². The predicted octanol–water partition coefficient (Wildman–Crippen LogP) is 2.86. The second kappa shape index (κ2) is 6.86. The van der Waals surface area contributed by atoms with Crippen molar-refractivity contribution in [1.82, 2.24) is 9.36 Å². The van der Waals surface area contributed by atoms with Gasteiger partial charge in [-0.25, -0.2) is 4.98 Å². The number of alkyl halides is 3. The zero-order valence-corrected chi connectivity index (χ0v) is 11.8. The van der Waals surface area contributed by atoms with Crippen LogP contribution in [0.5, 0.6) is 0 Å². The zero-order valence-electron chi connectivity index (χ0n) is 11.0. The van der Waals surface area contributed by atoms with Crippen LogP contribution in [0.25, 0.3) is 0 Å². The normalized spacial score (nSPS) is 13.1. The molecule has 1 atom stereocenters. The molecule has 0 aliphatic carbocycles. The molecule has 8 heteroatoms. The van der Waals surface area contributed by atoms with Crippen LogP contribution >= 0.6 is 11.5 Å². The van der Waals surface area contributed by atoms with E-state index in [1.54, 1.807) is 4.90 Å². The highest BCUT2D eigenvalue weighted by Crippen LogP contribution is 2.24. The Hall–Kier alpha value is -1.67. The molecule has 1 heterocycles. The summed E-state index contributed by atoms with van der Waals surface area (Å²) in [5.41, 5.74) is 0.923. The van der Waals surface area contributed by atoms with Crippen molar-refractivity contribution in [2.24, 2.45) is 0 Å². The van der Waals surface area contributed by atoms with Crippen LogP contribution in [-0.2, 0) is 6.54 Å². The van der Waals surface area contributed by atoms with E-state index in [1.165, 1.54) is 6.33 Å². The van der Waals surface area contributed by atoms with Gasteiger partial charge in [0.15, 0.2) is 0 Å². The fourth-order valence-electron chi connectivity index (χ4n) is 1.91. The van der Waals surface area contributed by atoms with E-state index in [-0.39, 0.29) is 6.54 Å². The maximum atomic E-state index is 12.3. The van der Waals surface area contributed by atoms with Crippen molar-refractivity contribution in [2.75, 3.05) is 11.4 Å². The number of anilines is 1. The van der Waals surface area contributed by atoms with Gasteiger partial charge < -0.3 is 10.0 Å². The molecule has 1 unspecified atom stereocenters. The monoisotopic (exact) mass is 317 g/mol. The smallest absolute Gasteiger partial charge is 0.391 e. The van der Waals surface area contributed by atoms with Crippen LogP contribution in [-0.4, -0.2) is 33.3 Å². The van der Waals surface area contributed by atoms with E-state index in [0.717, 1.165) is 17.1 Å². The quantitative estimate of drug-likeness (QED) is 0.890. The molecular weight excluding hydrogens is 303 g/mol. The summed E-state index contributed by atoms with van der Waals surface area (Å²) in [7, 11) is 0. The Kier molecular flexibility index (Phi) is 5.13. The summed E-state index contributed by atoms with van der Waals surface area (Å²) in [6.07, 6.45) is -5.79. The molecule has 0 fully saturated rings. The van der Waals surface area contributed by atoms with Gasteiger partial charge in [-0.05, 0) is 5.56 Å². The lowest BCUT2D eigenvalue weighted by atomic mass is 10.2. The molecule has 1 aromatic carbocycles. The summed E-state index contributed by atoms with van der Waals surface area (Å²) in [5, 5.41) is 10.1. The van der Waals surface area contributed by atoms with Crippen LogP contribution in [0.2, 0.25) is 0 Å². The van der Waals surface area contributed by atoms with E-state index in [1.807, 2.05) is 30.3 Å². The highest BCUT2D eigenvalue weighted by atomic mass is 32.1. The molecule has 4 nitrogen and oxygen atoms in total. The minimum Gasteiger partial charge on any atom is -0.391 e. The Balaban J connectivity index is 2.07. The standard InChI is InChI=1S/C13H14F3N3OS/c14-13(15,16)6-11(20)8-19(12-17-9-18-21-12)7-10-4-2-1-3-5-10/h1-5,9,11,20H,6-8H2. The summed E-state index contributed by atoms with van der Waals surface area (Å²) in [6, 6.07) is 9.28. The first-order valence-corrected chi connectivity index (χ1v) is 7.02. The maximum Gasteiger partial charge on any atom is 0.391 e. The summed E-state index contributed by atoms with van der Waals surface area (Å²) < 4.78 is 40.8. The number of halogens is 3. The van der Waals surface area contributed by atoms with E-state index in [0.29, 0.717) is 11.7 Å². The van der Waals surface area contributed by atoms with Gasteiger partial charge in [-0.2, -0.15) is 17.5 Å². The van der Waals surface area contributed by atoms with Crippen molar-refractivity contribution in [3.8, 4) is 0 Å². The van der Waals surface area contributed by atoms with Crippen molar-refractivity contribution >= 4 is 16.7 Å². The Labute approximate surface area is 124 Å². The number of rotatable bonds is 6. The first kappa shape index (κ1) is 15.7. The Morgan fingerprint density at radius 1 is 1.24 bits per heavy atom. The van der Waals surface area contributed by atoms with E-state index in [9.17, 15) is 18.3 Å². The second-order valence-corrected chi connectivity index (χ2v) is 5.32. The molecule has 0 radical (unpaired) electrons. The van der Waals surface area contributed by atoms with Gasteiger partial charge >= 0.3 is 6.18 Å². The van der Waals surface area contributed by atoms with Crippen molar-refractivity contribution in [1.29, 1.82) is 0 Å². The van der Waals surface area contributed by atoms with Gasteiger partial charge in [-0.15, -0.1) is 0 Å². The third-order valence-electron chi connectivity index (χ3n) is 2.73. The van der Waals surface area contributed by atoms with Crippen LogP contribution in [0, 0.1) is 0 Å². The summed E-state index contributed by atoms with van der Waals surface area (Å²) >= 11 is 1.08. The largest absolute Gasteiger partial charge is 0.391 e. The highest BCUT2D eigenvalue weighted by molar-refractivity contribution is 7.09. The van der Waals surface area contributed by atoms with E-state index in [4.69, 9.17) is 0 Å². The molecule has 2 rings (SSSR count). The van der Waals surface area contributed by atoms with Gasteiger partial charge in [-0.3, -0.25) is 0 Å². The molecule has 1 aromatic heterocycles. The Bertz CT molecular complexity index is 533. The van der Waals surface area contributed by atoms with Gasteiger partial charge in [0.1, 0.15) is 6.33 Å². The van der Waals surface area contributed by atoms with E-state index in [2.05, 4.69) is 9.36 Å². The van der Waals surface area contributed by atoms with E-state index < -0.39 is 18.7 Å². The number of benzene rings is 1. The molecule has 2 aromatic rings. The van der Waals surface area contributed by atoms with Gasteiger partial charge in [0.25, 0.3) is 0 Å². The third-order valence-corrected chi connectivity index (χ3v) is 3.46. The SMILES string of the molecule is OC(CN(Cc1ccccc1)c1ncns1)CC(F)(F)F. The van der Waals surface area contributed by atoms with Crippen molar-refractivity contribution < 1.29 is 18.3 Å². The molecule has 0 aliphatic rings. The fourth-order valence-corrected chi connectivity index (χ4v) is 2.44. The first-order valence-electron chi connectivity index (χ1n) is 6.24. The lowest BCUT2D eigenvalue weighted by Gasteiger charge is -2.25. The number of hydrogen-bond donors (Lipinski definition) is 1. The van der Waals surface area contributed by atoms with E-state index >= 15 is 0 Å². The minimum absolute atomic E-state index is 0.149. The number of hydrogen-bond acceptors (Lipinski definition) is 5. The van der Waals surface area contributed by atoms with Gasteiger partial charge in [0.05, 0.1) is 12.5 Å². The molecule has 0 bridgehead atoms. The number of aliphatic hydroxyl groups is 1. The average molecular weight is 317 g/mol. The van der Waals surface area contributed by atoms with Crippen LogP contribution in [0.4, 0.5) is 18.3 Å². The summed E-state index contributed by atoms with van der Waals surface area (Å²) in [5.74, 6) is 0. The minimum atomic E-state index is -4.39. The van der Waals surface area contributed by atoms with Crippen LogP contribution in [0.3, 0.4) is 0 Å². The molecule has 0 saturated carbocycles. The van der Waals surface area contributed by atoms with Crippen LogP contribution < -0.4 is 4.90 Å². The number of aliphatic hydroxyl groups excluding tert-OH is 1. The molecule has 114 valence electrons. The molecule has 0 amide bonds. The number of aromatic nitrogens is 2. The second-order valence-electron chi connectivity index (χ2n) is 4.56. The Morgan fingerprint density at radius 2 is 1.95 bits per heavy atom. The molecule has 1 N–H and O–H groups in total. The maximum absolute atomic E-state index is 12.3. The average Bonchev–Trinajstić information content (AvgIpc) is 2.90. The third kappa shape index (κ3) is 5.31. The van der Waals surface area contributed by atoms with Crippen molar-refractivity contribution in [3.05, 3.63) is 42.2 Å².